The van der Waals surface area contributed by atoms with E-state index in [1.165, 1.54) is 7.11 Å². The molecule has 1 heterocycles. The van der Waals surface area contributed by atoms with Crippen LogP contribution in [0.1, 0.15) is 31.2 Å². The molecule has 1 aliphatic rings. The highest BCUT2D eigenvalue weighted by atomic mass is 19.1. The summed E-state index contributed by atoms with van der Waals surface area (Å²) in [6.45, 7) is 3.02. The van der Waals surface area contributed by atoms with Gasteiger partial charge in [-0.05, 0) is 37.3 Å². The van der Waals surface area contributed by atoms with Crippen LogP contribution in [-0.4, -0.2) is 19.7 Å². The number of hydrogen-bond donors (Lipinski definition) is 1. The van der Waals surface area contributed by atoms with Crippen molar-refractivity contribution >= 4 is 0 Å². The minimum atomic E-state index is -0.202. The minimum Gasteiger partial charge on any atom is -0.494 e. The Morgan fingerprint density at radius 3 is 2.81 bits per heavy atom. The number of piperidine rings is 1. The van der Waals surface area contributed by atoms with Crippen molar-refractivity contribution in [3.63, 3.8) is 0 Å². The highest BCUT2D eigenvalue weighted by molar-refractivity contribution is 5.33. The SMILES string of the molecule is COc1cccc(C2CCC(C)NC2)c1F. The second kappa shape index (κ2) is 4.83. The van der Waals surface area contributed by atoms with Crippen LogP contribution in [0.3, 0.4) is 0 Å². The van der Waals surface area contributed by atoms with Gasteiger partial charge in [-0.15, -0.1) is 0 Å². The fourth-order valence-corrected chi connectivity index (χ4v) is 2.26. The quantitative estimate of drug-likeness (QED) is 0.832. The Bertz CT molecular complexity index is 359. The lowest BCUT2D eigenvalue weighted by molar-refractivity contribution is 0.360. The van der Waals surface area contributed by atoms with E-state index in [4.69, 9.17) is 4.74 Å². The number of hydrogen-bond acceptors (Lipinski definition) is 2. The van der Waals surface area contributed by atoms with E-state index < -0.39 is 0 Å². The van der Waals surface area contributed by atoms with Crippen LogP contribution in [0, 0.1) is 5.82 Å². The first kappa shape index (κ1) is 11.4. The third-order valence-electron chi connectivity index (χ3n) is 3.31. The number of ether oxygens (including phenoxy) is 1. The van der Waals surface area contributed by atoms with Crippen LogP contribution >= 0.6 is 0 Å². The molecule has 0 aromatic heterocycles. The van der Waals surface area contributed by atoms with Gasteiger partial charge in [0.2, 0.25) is 0 Å². The number of halogens is 1. The molecular weight excluding hydrogens is 205 g/mol. The average molecular weight is 223 g/mol. The lowest BCUT2D eigenvalue weighted by atomic mass is 9.89. The lowest BCUT2D eigenvalue weighted by Crippen LogP contribution is -2.36. The van der Waals surface area contributed by atoms with Crippen LogP contribution in [0.15, 0.2) is 18.2 Å². The molecule has 3 heteroatoms. The summed E-state index contributed by atoms with van der Waals surface area (Å²) in [4.78, 5) is 0. The van der Waals surface area contributed by atoms with Gasteiger partial charge in [0.1, 0.15) is 0 Å². The Kier molecular flexibility index (Phi) is 3.44. The second-order valence-electron chi connectivity index (χ2n) is 4.45. The normalized spacial score (nSPS) is 25.4. The molecule has 0 amide bonds. The first-order chi connectivity index (χ1) is 7.72. The molecule has 0 bridgehead atoms. The van der Waals surface area contributed by atoms with Crippen molar-refractivity contribution in [2.75, 3.05) is 13.7 Å². The molecule has 1 aliphatic heterocycles. The van der Waals surface area contributed by atoms with E-state index >= 15 is 0 Å². The van der Waals surface area contributed by atoms with Gasteiger partial charge in [0, 0.05) is 12.6 Å². The fourth-order valence-electron chi connectivity index (χ4n) is 2.26. The van der Waals surface area contributed by atoms with Crippen LogP contribution in [0.25, 0.3) is 0 Å². The van der Waals surface area contributed by atoms with Crippen molar-refractivity contribution in [1.29, 1.82) is 0 Å². The van der Waals surface area contributed by atoms with E-state index in [0.717, 1.165) is 24.9 Å². The number of benzene rings is 1. The number of methoxy groups -OCH3 is 1. The Morgan fingerprint density at radius 1 is 1.38 bits per heavy atom. The van der Waals surface area contributed by atoms with Crippen LogP contribution in [0.5, 0.6) is 5.75 Å². The van der Waals surface area contributed by atoms with Gasteiger partial charge < -0.3 is 10.1 Å². The second-order valence-corrected chi connectivity index (χ2v) is 4.45. The summed E-state index contributed by atoms with van der Waals surface area (Å²) in [5.74, 6) is 0.411. The molecule has 2 atom stereocenters. The highest BCUT2D eigenvalue weighted by Gasteiger charge is 2.22. The standard InChI is InChI=1S/C13H18FNO/c1-9-6-7-10(8-15-9)11-4-3-5-12(16-2)13(11)14/h3-5,9-10,15H,6-8H2,1-2H3. The third-order valence-corrected chi connectivity index (χ3v) is 3.31. The van der Waals surface area contributed by atoms with Crippen molar-refractivity contribution in [1.82, 2.24) is 5.32 Å². The van der Waals surface area contributed by atoms with Crippen LogP contribution in [-0.2, 0) is 0 Å². The van der Waals surface area contributed by atoms with Crippen molar-refractivity contribution in [3.05, 3.63) is 29.6 Å². The maximum absolute atomic E-state index is 14.0. The van der Waals surface area contributed by atoms with E-state index in [0.29, 0.717) is 11.8 Å². The topological polar surface area (TPSA) is 21.3 Å². The molecule has 0 radical (unpaired) electrons. The van der Waals surface area contributed by atoms with Crippen molar-refractivity contribution in [3.8, 4) is 5.75 Å². The van der Waals surface area contributed by atoms with Gasteiger partial charge in [-0.1, -0.05) is 12.1 Å². The Balaban J connectivity index is 2.20. The van der Waals surface area contributed by atoms with Gasteiger partial charge in [0.25, 0.3) is 0 Å². The Labute approximate surface area is 95.8 Å². The van der Waals surface area contributed by atoms with E-state index in [-0.39, 0.29) is 11.7 Å². The molecule has 0 aliphatic carbocycles. The molecule has 2 unspecified atom stereocenters. The summed E-state index contributed by atoms with van der Waals surface area (Å²) >= 11 is 0. The summed E-state index contributed by atoms with van der Waals surface area (Å²) in [7, 11) is 1.50. The summed E-state index contributed by atoms with van der Waals surface area (Å²) in [6.07, 6.45) is 2.14. The molecule has 1 aromatic rings. The maximum Gasteiger partial charge on any atom is 0.168 e. The summed E-state index contributed by atoms with van der Waals surface area (Å²) in [5.41, 5.74) is 0.777. The monoisotopic (exact) mass is 223 g/mol. The first-order valence-electron chi connectivity index (χ1n) is 5.78. The predicted octanol–water partition coefficient (Wildman–Crippen LogP) is 2.69. The van der Waals surface area contributed by atoms with Gasteiger partial charge in [-0.25, -0.2) is 4.39 Å². The van der Waals surface area contributed by atoms with Gasteiger partial charge >= 0.3 is 0 Å². The Hall–Kier alpha value is -1.09. The smallest absolute Gasteiger partial charge is 0.168 e. The summed E-state index contributed by atoms with van der Waals surface area (Å²) in [5, 5.41) is 3.39. The van der Waals surface area contributed by atoms with E-state index in [9.17, 15) is 4.39 Å². The van der Waals surface area contributed by atoms with Crippen LogP contribution in [0.4, 0.5) is 4.39 Å². The highest BCUT2D eigenvalue weighted by Crippen LogP contribution is 2.30. The van der Waals surface area contributed by atoms with Gasteiger partial charge in [0.15, 0.2) is 11.6 Å². The van der Waals surface area contributed by atoms with Crippen molar-refractivity contribution in [2.24, 2.45) is 0 Å². The molecule has 16 heavy (non-hydrogen) atoms. The summed E-state index contributed by atoms with van der Waals surface area (Å²) < 4.78 is 19.0. The fraction of sp³-hybridized carbons (Fsp3) is 0.538. The van der Waals surface area contributed by atoms with Gasteiger partial charge in [-0.2, -0.15) is 0 Å². The maximum atomic E-state index is 14.0. The molecule has 0 spiro atoms. The molecule has 1 fully saturated rings. The van der Waals surface area contributed by atoms with Crippen LogP contribution in [0.2, 0.25) is 0 Å². The molecule has 1 saturated heterocycles. The summed E-state index contributed by atoms with van der Waals surface area (Å²) in [6, 6.07) is 5.93. The molecule has 0 saturated carbocycles. The van der Waals surface area contributed by atoms with E-state index in [1.54, 1.807) is 6.07 Å². The third kappa shape index (κ3) is 2.19. The van der Waals surface area contributed by atoms with E-state index in [1.807, 2.05) is 12.1 Å². The van der Waals surface area contributed by atoms with Gasteiger partial charge in [0.05, 0.1) is 7.11 Å². The predicted molar refractivity (Wildman–Crippen MR) is 62.4 cm³/mol. The van der Waals surface area contributed by atoms with Gasteiger partial charge in [-0.3, -0.25) is 0 Å². The number of rotatable bonds is 2. The number of nitrogens with one attached hydrogen (secondary N) is 1. The molecular formula is C13H18FNO. The first-order valence-corrected chi connectivity index (χ1v) is 5.78. The minimum absolute atomic E-state index is 0.202. The molecule has 1 N–H and O–H groups in total. The zero-order chi connectivity index (χ0) is 11.5. The lowest BCUT2D eigenvalue weighted by Gasteiger charge is -2.28. The van der Waals surface area contributed by atoms with Crippen LogP contribution < -0.4 is 10.1 Å². The average Bonchev–Trinajstić information content (AvgIpc) is 2.31. The van der Waals surface area contributed by atoms with Crippen molar-refractivity contribution in [2.45, 2.75) is 31.7 Å². The molecule has 1 aromatic carbocycles. The Morgan fingerprint density at radius 2 is 2.19 bits per heavy atom. The zero-order valence-corrected chi connectivity index (χ0v) is 9.79. The molecule has 2 nitrogen and oxygen atoms in total. The largest absolute Gasteiger partial charge is 0.494 e. The molecule has 88 valence electrons. The zero-order valence-electron chi connectivity index (χ0n) is 9.79. The van der Waals surface area contributed by atoms with E-state index in [2.05, 4.69) is 12.2 Å². The van der Waals surface area contributed by atoms with Crippen molar-refractivity contribution < 1.29 is 9.13 Å². The molecule has 2 rings (SSSR count).